The smallest absolute Gasteiger partial charge is 0.146 e. The van der Waals surface area contributed by atoms with E-state index in [1.54, 1.807) is 12.1 Å². The maximum absolute atomic E-state index is 13.0. The van der Waals surface area contributed by atoms with Gasteiger partial charge in [0.2, 0.25) is 0 Å². The number of nitrogen functional groups attached to an aromatic ring is 1. The molecule has 102 valence electrons. The summed E-state index contributed by atoms with van der Waals surface area (Å²) in [5, 5.41) is 0. The second-order valence-corrected chi connectivity index (χ2v) is 4.79. The molecule has 0 saturated carbocycles. The van der Waals surface area contributed by atoms with Crippen molar-refractivity contribution in [2.75, 3.05) is 5.73 Å². The van der Waals surface area contributed by atoms with Crippen LogP contribution in [0.1, 0.15) is 36.5 Å². The maximum atomic E-state index is 13.0. The van der Waals surface area contributed by atoms with Crippen molar-refractivity contribution in [1.82, 2.24) is 0 Å². The molecule has 0 aromatic heterocycles. The number of halogens is 1. The highest BCUT2D eigenvalue weighted by Crippen LogP contribution is 2.12. The van der Waals surface area contributed by atoms with Crippen LogP contribution >= 0.6 is 0 Å². The zero-order valence-electron chi connectivity index (χ0n) is 11.6. The quantitative estimate of drug-likeness (QED) is 0.656. The van der Waals surface area contributed by atoms with Gasteiger partial charge in [0.05, 0.1) is 5.69 Å². The number of hydrogen-bond acceptors (Lipinski definition) is 1. The lowest BCUT2D eigenvalue weighted by Crippen LogP contribution is -1.90. The van der Waals surface area contributed by atoms with Crippen molar-refractivity contribution >= 4 is 5.69 Å². The molecule has 20 heavy (non-hydrogen) atoms. The molecule has 2 aromatic carbocycles. The summed E-state index contributed by atoms with van der Waals surface area (Å²) in [6.45, 7) is 2.19. The lowest BCUT2D eigenvalue weighted by atomic mass is 10.1. The molecule has 0 fully saturated rings. The molecule has 0 bridgehead atoms. The SMILES string of the molecule is CCCCc1ccc(C#Cc2ccc(F)c(N)c2)cc1. The first-order chi connectivity index (χ1) is 9.69. The van der Waals surface area contributed by atoms with Crippen LogP contribution < -0.4 is 5.73 Å². The fraction of sp³-hybridized carbons (Fsp3) is 0.222. The van der Waals surface area contributed by atoms with Crippen molar-refractivity contribution in [3.8, 4) is 11.8 Å². The second kappa shape index (κ2) is 6.77. The summed E-state index contributed by atoms with van der Waals surface area (Å²) >= 11 is 0. The monoisotopic (exact) mass is 267 g/mol. The Bertz CT molecular complexity index is 633. The highest BCUT2D eigenvalue weighted by molar-refractivity contribution is 5.50. The Labute approximate surface area is 119 Å². The first-order valence-corrected chi connectivity index (χ1v) is 6.85. The fourth-order valence-electron chi connectivity index (χ4n) is 1.90. The summed E-state index contributed by atoms with van der Waals surface area (Å²) in [6, 6.07) is 12.8. The van der Waals surface area contributed by atoms with Gasteiger partial charge in [0.25, 0.3) is 0 Å². The molecule has 0 spiro atoms. The lowest BCUT2D eigenvalue weighted by molar-refractivity contribution is 0.632. The van der Waals surface area contributed by atoms with Crippen molar-refractivity contribution in [2.45, 2.75) is 26.2 Å². The third-order valence-corrected chi connectivity index (χ3v) is 3.12. The van der Waals surface area contributed by atoms with Crippen molar-refractivity contribution in [1.29, 1.82) is 0 Å². The molecule has 0 aliphatic heterocycles. The summed E-state index contributed by atoms with van der Waals surface area (Å²) in [4.78, 5) is 0. The molecule has 0 heterocycles. The molecule has 0 aliphatic rings. The Morgan fingerprint density at radius 3 is 2.30 bits per heavy atom. The van der Waals surface area contributed by atoms with E-state index in [0.29, 0.717) is 0 Å². The van der Waals surface area contributed by atoms with Gasteiger partial charge in [-0.1, -0.05) is 37.3 Å². The van der Waals surface area contributed by atoms with Crippen LogP contribution in [-0.4, -0.2) is 0 Å². The average Bonchev–Trinajstić information content (AvgIpc) is 2.47. The molecular formula is C18H18FN. The van der Waals surface area contributed by atoms with Crippen molar-refractivity contribution in [2.24, 2.45) is 0 Å². The molecule has 2 rings (SSSR count). The van der Waals surface area contributed by atoms with Crippen molar-refractivity contribution < 1.29 is 4.39 Å². The van der Waals surface area contributed by atoms with Gasteiger partial charge in [0.1, 0.15) is 5.82 Å². The molecule has 0 radical (unpaired) electrons. The van der Waals surface area contributed by atoms with Crippen LogP contribution in [-0.2, 0) is 6.42 Å². The van der Waals surface area contributed by atoms with Crippen molar-refractivity contribution in [3.63, 3.8) is 0 Å². The van der Waals surface area contributed by atoms with Gasteiger partial charge in [-0.3, -0.25) is 0 Å². The van der Waals surface area contributed by atoms with E-state index in [0.717, 1.165) is 17.5 Å². The molecule has 1 nitrogen and oxygen atoms in total. The summed E-state index contributed by atoms with van der Waals surface area (Å²) in [5.74, 6) is 5.65. The highest BCUT2D eigenvalue weighted by atomic mass is 19.1. The zero-order chi connectivity index (χ0) is 14.4. The predicted octanol–water partition coefficient (Wildman–Crippen LogP) is 4.15. The number of benzene rings is 2. The summed E-state index contributed by atoms with van der Waals surface area (Å²) in [6.07, 6.45) is 3.52. The van der Waals surface area contributed by atoms with Gasteiger partial charge in [-0.2, -0.15) is 0 Å². The third kappa shape index (κ3) is 3.86. The summed E-state index contributed by atoms with van der Waals surface area (Å²) in [7, 11) is 0. The Balaban J connectivity index is 2.10. The first kappa shape index (κ1) is 14.1. The zero-order valence-corrected chi connectivity index (χ0v) is 11.6. The number of rotatable bonds is 3. The molecule has 0 amide bonds. The van der Waals surface area contributed by atoms with E-state index in [1.165, 1.54) is 24.5 Å². The molecule has 0 aliphatic carbocycles. The van der Waals surface area contributed by atoms with Crippen LogP contribution in [0.3, 0.4) is 0 Å². The van der Waals surface area contributed by atoms with E-state index in [2.05, 4.69) is 30.9 Å². The summed E-state index contributed by atoms with van der Waals surface area (Å²) in [5.41, 5.74) is 8.65. The minimum absolute atomic E-state index is 0.131. The van der Waals surface area contributed by atoms with E-state index in [-0.39, 0.29) is 5.69 Å². The molecule has 0 unspecified atom stereocenters. The minimum Gasteiger partial charge on any atom is -0.396 e. The van der Waals surface area contributed by atoms with E-state index in [1.807, 2.05) is 12.1 Å². The van der Waals surface area contributed by atoms with Crippen molar-refractivity contribution in [3.05, 3.63) is 65.0 Å². The summed E-state index contributed by atoms with van der Waals surface area (Å²) < 4.78 is 13.0. The number of unbranched alkanes of at least 4 members (excludes halogenated alkanes) is 1. The molecule has 2 aromatic rings. The molecular weight excluding hydrogens is 249 g/mol. The van der Waals surface area contributed by atoms with Crippen LogP contribution in [0.5, 0.6) is 0 Å². The Kier molecular flexibility index (Phi) is 4.79. The van der Waals surface area contributed by atoms with Crippen LogP contribution in [0.2, 0.25) is 0 Å². The van der Waals surface area contributed by atoms with Crippen LogP contribution in [0.4, 0.5) is 10.1 Å². The molecule has 2 N–H and O–H groups in total. The Morgan fingerprint density at radius 2 is 1.65 bits per heavy atom. The second-order valence-electron chi connectivity index (χ2n) is 4.79. The van der Waals surface area contributed by atoms with Gasteiger partial charge >= 0.3 is 0 Å². The fourth-order valence-corrected chi connectivity index (χ4v) is 1.90. The van der Waals surface area contributed by atoms with E-state index >= 15 is 0 Å². The Hall–Kier alpha value is -2.27. The molecule has 0 atom stereocenters. The number of nitrogens with two attached hydrogens (primary N) is 1. The topological polar surface area (TPSA) is 26.0 Å². The number of hydrogen-bond donors (Lipinski definition) is 1. The van der Waals surface area contributed by atoms with E-state index in [4.69, 9.17) is 5.73 Å². The van der Waals surface area contributed by atoms with Gasteiger partial charge in [-0.15, -0.1) is 0 Å². The lowest BCUT2D eigenvalue weighted by Gasteiger charge is -1.99. The maximum Gasteiger partial charge on any atom is 0.146 e. The largest absolute Gasteiger partial charge is 0.396 e. The number of aryl methyl sites for hydroxylation is 1. The molecule has 0 saturated heterocycles. The predicted molar refractivity (Wildman–Crippen MR) is 81.8 cm³/mol. The van der Waals surface area contributed by atoms with Gasteiger partial charge < -0.3 is 5.73 Å². The Morgan fingerprint density at radius 1 is 1.00 bits per heavy atom. The van der Waals surface area contributed by atoms with Crippen LogP contribution in [0, 0.1) is 17.7 Å². The number of anilines is 1. The highest BCUT2D eigenvalue weighted by Gasteiger charge is 1.97. The van der Waals surface area contributed by atoms with Crippen LogP contribution in [0.15, 0.2) is 42.5 Å². The van der Waals surface area contributed by atoms with Gasteiger partial charge in [0.15, 0.2) is 0 Å². The average molecular weight is 267 g/mol. The standard InChI is InChI=1S/C18H18FN/c1-2-3-4-14-5-7-15(8-6-14)9-10-16-11-12-17(19)18(20)13-16/h5-8,11-13H,2-4,20H2,1H3. The van der Waals surface area contributed by atoms with Crippen LogP contribution in [0.25, 0.3) is 0 Å². The van der Waals surface area contributed by atoms with E-state index < -0.39 is 5.82 Å². The normalized spacial score (nSPS) is 9.90. The van der Waals surface area contributed by atoms with Gasteiger partial charge in [0, 0.05) is 11.1 Å². The van der Waals surface area contributed by atoms with Gasteiger partial charge in [-0.25, -0.2) is 4.39 Å². The first-order valence-electron chi connectivity index (χ1n) is 6.85. The van der Waals surface area contributed by atoms with E-state index in [9.17, 15) is 4.39 Å². The minimum atomic E-state index is -0.407. The molecule has 2 heteroatoms. The third-order valence-electron chi connectivity index (χ3n) is 3.12. The van der Waals surface area contributed by atoms with Gasteiger partial charge in [-0.05, 0) is 48.7 Å².